The minimum Gasteiger partial charge on any atom is -0.497 e. The van der Waals surface area contributed by atoms with Crippen molar-refractivity contribution < 1.29 is 9.53 Å². The van der Waals surface area contributed by atoms with Crippen LogP contribution < -0.4 is 10.1 Å². The van der Waals surface area contributed by atoms with Crippen molar-refractivity contribution in [1.29, 1.82) is 0 Å². The molecule has 0 aliphatic carbocycles. The maximum atomic E-state index is 12.7. The molecule has 2 heterocycles. The first kappa shape index (κ1) is 21.0. The van der Waals surface area contributed by atoms with E-state index in [-0.39, 0.29) is 12.5 Å². The van der Waals surface area contributed by atoms with Crippen LogP contribution in [0.5, 0.6) is 5.75 Å². The number of thiazole rings is 1. The normalized spacial score (nSPS) is 10.8. The molecular formula is C22H21N5O2S2. The summed E-state index contributed by atoms with van der Waals surface area (Å²) in [5.74, 6) is 1.09. The number of carbonyl (C=O) groups excluding carboxylic acids is 1. The molecule has 0 fully saturated rings. The molecular weight excluding hydrogens is 430 g/mol. The molecule has 0 unspecified atom stereocenters. The van der Waals surface area contributed by atoms with Gasteiger partial charge in [0.2, 0.25) is 5.91 Å². The number of amides is 1. The van der Waals surface area contributed by atoms with Crippen LogP contribution in [0.15, 0.2) is 47.8 Å². The lowest BCUT2D eigenvalue weighted by Crippen LogP contribution is -2.19. The Hall–Kier alpha value is -3.30. The van der Waals surface area contributed by atoms with Crippen LogP contribution in [0.1, 0.15) is 11.1 Å². The van der Waals surface area contributed by atoms with E-state index in [0.717, 1.165) is 22.6 Å². The Balaban J connectivity index is 1.50. The molecule has 1 amide bonds. The number of rotatable bonds is 6. The van der Waals surface area contributed by atoms with Crippen LogP contribution in [0, 0.1) is 18.6 Å². The Labute approximate surface area is 188 Å². The summed E-state index contributed by atoms with van der Waals surface area (Å²) in [5.41, 5.74) is 5.13. The number of carbonyl (C=O) groups is 1. The number of methoxy groups -OCH3 is 1. The first-order valence-electron chi connectivity index (χ1n) is 9.57. The lowest BCUT2D eigenvalue weighted by Gasteiger charge is -2.07. The van der Waals surface area contributed by atoms with Crippen LogP contribution in [0.2, 0.25) is 0 Å². The van der Waals surface area contributed by atoms with Crippen LogP contribution in [-0.2, 0) is 11.3 Å². The van der Waals surface area contributed by atoms with E-state index in [1.165, 1.54) is 22.5 Å². The van der Waals surface area contributed by atoms with Gasteiger partial charge in [-0.1, -0.05) is 12.1 Å². The number of ether oxygens (including phenoxy) is 1. The Morgan fingerprint density at radius 3 is 2.61 bits per heavy atom. The molecule has 0 saturated heterocycles. The molecule has 4 aromatic rings. The van der Waals surface area contributed by atoms with Gasteiger partial charge in [0.05, 0.1) is 12.8 Å². The number of benzene rings is 2. The fourth-order valence-electron chi connectivity index (χ4n) is 3.09. The summed E-state index contributed by atoms with van der Waals surface area (Å²) >= 11 is 6.71. The molecule has 0 radical (unpaired) electrons. The van der Waals surface area contributed by atoms with Gasteiger partial charge in [0.25, 0.3) is 0 Å². The Morgan fingerprint density at radius 2 is 1.90 bits per heavy atom. The maximum Gasteiger partial charge on any atom is 0.246 e. The van der Waals surface area contributed by atoms with Crippen LogP contribution in [-0.4, -0.2) is 32.8 Å². The number of hydrogen-bond donors (Lipinski definition) is 2. The van der Waals surface area contributed by atoms with E-state index in [9.17, 15) is 4.79 Å². The van der Waals surface area contributed by atoms with Gasteiger partial charge < -0.3 is 10.1 Å². The van der Waals surface area contributed by atoms with Crippen LogP contribution in [0.4, 0.5) is 5.13 Å². The molecule has 0 bridgehead atoms. The highest BCUT2D eigenvalue weighted by atomic mass is 32.1. The largest absolute Gasteiger partial charge is 0.497 e. The third-order valence-corrected chi connectivity index (χ3v) is 6.03. The lowest BCUT2D eigenvalue weighted by atomic mass is 10.1. The lowest BCUT2D eigenvalue weighted by molar-refractivity contribution is -0.116. The first-order chi connectivity index (χ1) is 14.9. The zero-order valence-electron chi connectivity index (χ0n) is 17.3. The SMILES string of the molecule is COc1ccc(-c2n[nH]c(=S)n2CC(=O)Nc2nc(-c3ccc(C)c(C)c3)cs2)cc1. The minimum absolute atomic E-state index is 0.0231. The van der Waals surface area contributed by atoms with Crippen molar-refractivity contribution in [3.05, 3.63) is 63.7 Å². The van der Waals surface area contributed by atoms with Crippen molar-refractivity contribution in [3.63, 3.8) is 0 Å². The highest BCUT2D eigenvalue weighted by Crippen LogP contribution is 2.27. The third kappa shape index (κ3) is 4.57. The monoisotopic (exact) mass is 451 g/mol. The number of nitrogens with zero attached hydrogens (tertiary/aromatic N) is 3. The zero-order valence-corrected chi connectivity index (χ0v) is 18.9. The Bertz CT molecular complexity index is 1290. The summed E-state index contributed by atoms with van der Waals surface area (Å²) in [6.45, 7) is 4.17. The molecule has 0 atom stereocenters. The van der Waals surface area contributed by atoms with E-state index in [1.807, 2.05) is 35.7 Å². The van der Waals surface area contributed by atoms with Crippen molar-refractivity contribution in [2.24, 2.45) is 0 Å². The minimum atomic E-state index is -0.228. The van der Waals surface area contributed by atoms with Crippen LogP contribution >= 0.6 is 23.6 Å². The summed E-state index contributed by atoms with van der Waals surface area (Å²) in [6, 6.07) is 13.6. The van der Waals surface area contributed by atoms with Crippen molar-refractivity contribution in [1.82, 2.24) is 19.7 Å². The standard InChI is InChI=1S/C22H21N5O2S2/c1-13-4-5-16(10-14(13)2)18-12-31-21(23-18)24-19(28)11-27-20(25-26-22(27)30)15-6-8-17(29-3)9-7-15/h4-10,12H,11H2,1-3H3,(H,26,30)(H,23,24,28). The number of hydrogen-bond acceptors (Lipinski definition) is 6. The average molecular weight is 452 g/mol. The van der Waals surface area contributed by atoms with Gasteiger partial charge in [0.15, 0.2) is 15.7 Å². The van der Waals surface area contributed by atoms with Gasteiger partial charge in [0.1, 0.15) is 12.3 Å². The topological polar surface area (TPSA) is 84.8 Å². The van der Waals surface area contributed by atoms with Crippen molar-refractivity contribution >= 4 is 34.6 Å². The number of anilines is 1. The maximum absolute atomic E-state index is 12.7. The summed E-state index contributed by atoms with van der Waals surface area (Å²) in [5, 5.41) is 12.4. The number of H-pyrrole nitrogens is 1. The van der Waals surface area contributed by atoms with Gasteiger partial charge in [-0.25, -0.2) is 4.98 Å². The quantitative estimate of drug-likeness (QED) is 0.403. The second kappa shape index (κ2) is 8.83. The molecule has 0 saturated carbocycles. The third-order valence-electron chi connectivity index (χ3n) is 4.96. The van der Waals surface area contributed by atoms with Crippen LogP contribution in [0.25, 0.3) is 22.6 Å². The van der Waals surface area contributed by atoms with E-state index in [2.05, 4.69) is 46.5 Å². The number of nitrogens with one attached hydrogen (secondary N) is 2. The average Bonchev–Trinajstić information content (AvgIpc) is 3.37. The second-order valence-electron chi connectivity index (χ2n) is 7.05. The number of aryl methyl sites for hydroxylation is 2. The van der Waals surface area contributed by atoms with E-state index in [0.29, 0.717) is 15.7 Å². The first-order valence-corrected chi connectivity index (χ1v) is 10.9. The zero-order chi connectivity index (χ0) is 22.0. The van der Waals surface area contributed by atoms with E-state index >= 15 is 0 Å². The molecule has 158 valence electrons. The van der Waals surface area contributed by atoms with Crippen molar-refractivity contribution in [3.8, 4) is 28.4 Å². The van der Waals surface area contributed by atoms with Gasteiger partial charge in [-0.3, -0.25) is 14.5 Å². The van der Waals surface area contributed by atoms with E-state index < -0.39 is 0 Å². The van der Waals surface area contributed by atoms with Gasteiger partial charge in [0, 0.05) is 16.5 Å². The highest BCUT2D eigenvalue weighted by molar-refractivity contribution is 7.71. The van der Waals surface area contributed by atoms with Gasteiger partial charge in [-0.2, -0.15) is 5.10 Å². The predicted octanol–water partition coefficient (Wildman–Crippen LogP) is 5.00. The molecule has 9 heteroatoms. The van der Waals surface area contributed by atoms with Crippen molar-refractivity contribution in [2.75, 3.05) is 12.4 Å². The molecule has 4 rings (SSSR count). The molecule has 0 spiro atoms. The fourth-order valence-corrected chi connectivity index (χ4v) is 4.02. The van der Waals surface area contributed by atoms with Gasteiger partial charge in [-0.05, 0) is 67.5 Å². The number of aromatic nitrogens is 4. The smallest absolute Gasteiger partial charge is 0.246 e. The molecule has 7 nitrogen and oxygen atoms in total. The molecule has 0 aliphatic heterocycles. The molecule has 2 aromatic carbocycles. The summed E-state index contributed by atoms with van der Waals surface area (Å²) in [4.78, 5) is 17.2. The Morgan fingerprint density at radius 1 is 1.16 bits per heavy atom. The predicted molar refractivity (Wildman–Crippen MR) is 125 cm³/mol. The number of aromatic amines is 1. The molecule has 31 heavy (non-hydrogen) atoms. The van der Waals surface area contributed by atoms with Crippen LogP contribution in [0.3, 0.4) is 0 Å². The van der Waals surface area contributed by atoms with Crippen molar-refractivity contribution in [2.45, 2.75) is 20.4 Å². The van der Waals surface area contributed by atoms with E-state index in [4.69, 9.17) is 17.0 Å². The van der Waals surface area contributed by atoms with E-state index in [1.54, 1.807) is 11.7 Å². The molecule has 0 aliphatic rings. The molecule has 2 aromatic heterocycles. The highest BCUT2D eigenvalue weighted by Gasteiger charge is 2.14. The second-order valence-corrected chi connectivity index (χ2v) is 8.30. The fraction of sp³-hybridized carbons (Fsp3) is 0.182. The summed E-state index contributed by atoms with van der Waals surface area (Å²) < 4.78 is 7.22. The van der Waals surface area contributed by atoms with Gasteiger partial charge in [-0.15, -0.1) is 11.3 Å². The van der Waals surface area contributed by atoms with Gasteiger partial charge >= 0.3 is 0 Å². The Kier molecular flexibility index (Phi) is 5.97. The summed E-state index contributed by atoms with van der Waals surface area (Å²) in [7, 11) is 1.61. The molecule has 2 N–H and O–H groups in total. The summed E-state index contributed by atoms with van der Waals surface area (Å²) in [6.07, 6.45) is 0.